The Morgan fingerprint density at radius 2 is 1.40 bits per heavy atom. The molecule has 0 amide bonds. The second-order valence-corrected chi connectivity index (χ2v) is 6.09. The van der Waals surface area contributed by atoms with Crippen LogP contribution in [0.4, 0.5) is 0 Å². The number of aliphatic hydroxyl groups excluding tert-OH is 6. The van der Waals surface area contributed by atoms with E-state index in [-0.39, 0.29) is 23.7 Å². The fraction of sp³-hybridized carbons (Fsp3) is 0.526. The SMILES string of the molecule is COC(=O)C(OCC(O)CO)=C(OCC(O)CO)c1ccccc1OCC(O)CO. The first-order chi connectivity index (χ1) is 14.4. The Hall–Kier alpha value is -2.41. The standard InChI is InChI=1S/C19H28O11/c1-27-19(26)18(30-11-14(25)8-22)17(29-10-13(24)7-21)15-4-2-3-5-16(15)28-9-12(23)6-20/h2-5,12-14,20-25H,6-11H2,1H3. The maximum Gasteiger partial charge on any atom is 0.377 e. The highest BCUT2D eigenvalue weighted by atomic mass is 16.6. The molecule has 170 valence electrons. The van der Waals surface area contributed by atoms with E-state index < -0.39 is 63.1 Å². The topological polar surface area (TPSA) is 175 Å². The maximum absolute atomic E-state index is 12.3. The summed E-state index contributed by atoms with van der Waals surface area (Å²) in [4.78, 5) is 12.3. The first kappa shape index (κ1) is 25.6. The Morgan fingerprint density at radius 3 is 1.97 bits per heavy atom. The Morgan fingerprint density at radius 1 is 0.867 bits per heavy atom. The molecule has 11 heteroatoms. The summed E-state index contributed by atoms with van der Waals surface area (Å²) in [5.41, 5.74) is 0.173. The zero-order chi connectivity index (χ0) is 22.5. The summed E-state index contributed by atoms with van der Waals surface area (Å²) < 4.78 is 21.0. The van der Waals surface area contributed by atoms with Gasteiger partial charge in [0.1, 0.15) is 43.9 Å². The van der Waals surface area contributed by atoms with Gasteiger partial charge in [-0.05, 0) is 12.1 Å². The molecule has 0 aliphatic carbocycles. The lowest BCUT2D eigenvalue weighted by Gasteiger charge is -2.20. The van der Waals surface area contributed by atoms with E-state index in [9.17, 15) is 20.1 Å². The van der Waals surface area contributed by atoms with E-state index in [1.165, 1.54) is 12.1 Å². The van der Waals surface area contributed by atoms with Crippen molar-refractivity contribution in [2.24, 2.45) is 0 Å². The Bertz CT molecular complexity index is 676. The van der Waals surface area contributed by atoms with Crippen molar-refractivity contribution in [2.45, 2.75) is 18.3 Å². The van der Waals surface area contributed by atoms with Gasteiger partial charge in [-0.25, -0.2) is 4.79 Å². The predicted octanol–water partition coefficient (Wildman–Crippen LogP) is -2.00. The molecule has 30 heavy (non-hydrogen) atoms. The lowest BCUT2D eigenvalue weighted by atomic mass is 10.1. The summed E-state index contributed by atoms with van der Waals surface area (Å²) in [5, 5.41) is 55.7. The van der Waals surface area contributed by atoms with Gasteiger partial charge in [-0.15, -0.1) is 0 Å². The molecule has 0 fully saturated rings. The van der Waals surface area contributed by atoms with Crippen LogP contribution in [-0.2, 0) is 19.0 Å². The van der Waals surface area contributed by atoms with Crippen molar-refractivity contribution < 1.29 is 54.4 Å². The van der Waals surface area contributed by atoms with Gasteiger partial charge in [-0.1, -0.05) is 12.1 Å². The minimum Gasteiger partial charge on any atom is -0.490 e. The van der Waals surface area contributed by atoms with Crippen molar-refractivity contribution >= 4 is 11.7 Å². The van der Waals surface area contributed by atoms with Crippen molar-refractivity contribution in [3.63, 3.8) is 0 Å². The molecule has 11 nitrogen and oxygen atoms in total. The van der Waals surface area contributed by atoms with Crippen molar-refractivity contribution in [1.82, 2.24) is 0 Å². The minimum absolute atomic E-state index is 0.145. The number of rotatable bonds is 14. The van der Waals surface area contributed by atoms with Crippen molar-refractivity contribution in [3.8, 4) is 5.75 Å². The van der Waals surface area contributed by atoms with E-state index in [4.69, 9.17) is 34.3 Å². The normalized spacial score (nSPS) is 14.9. The van der Waals surface area contributed by atoms with Gasteiger partial charge in [0.05, 0.1) is 32.5 Å². The van der Waals surface area contributed by atoms with Crippen LogP contribution in [0.15, 0.2) is 30.0 Å². The average Bonchev–Trinajstić information content (AvgIpc) is 2.78. The van der Waals surface area contributed by atoms with Gasteiger partial charge in [0, 0.05) is 0 Å². The first-order valence-corrected chi connectivity index (χ1v) is 9.05. The second kappa shape index (κ2) is 13.7. The number of carbonyl (C=O) groups is 1. The molecule has 1 aromatic rings. The molecule has 1 aromatic carbocycles. The molecule has 0 aliphatic rings. The van der Waals surface area contributed by atoms with Crippen LogP contribution in [0.2, 0.25) is 0 Å². The number of para-hydroxylation sites is 1. The largest absolute Gasteiger partial charge is 0.490 e. The fourth-order valence-corrected chi connectivity index (χ4v) is 2.06. The fourth-order valence-electron chi connectivity index (χ4n) is 2.06. The van der Waals surface area contributed by atoms with Crippen molar-refractivity contribution in [1.29, 1.82) is 0 Å². The van der Waals surface area contributed by atoms with Gasteiger partial charge < -0.3 is 49.6 Å². The summed E-state index contributed by atoms with van der Waals surface area (Å²) in [6.07, 6.45) is -3.72. The number of ether oxygens (including phenoxy) is 4. The zero-order valence-electron chi connectivity index (χ0n) is 16.5. The number of esters is 1. The number of carbonyl (C=O) groups excluding carboxylic acids is 1. The van der Waals surface area contributed by atoms with Crippen molar-refractivity contribution in [3.05, 3.63) is 35.6 Å². The highest BCUT2D eigenvalue weighted by Crippen LogP contribution is 2.31. The third kappa shape index (κ3) is 8.14. The average molecular weight is 432 g/mol. The van der Waals surface area contributed by atoms with Gasteiger partial charge >= 0.3 is 5.97 Å². The van der Waals surface area contributed by atoms with Crippen LogP contribution >= 0.6 is 0 Å². The van der Waals surface area contributed by atoms with E-state index in [0.29, 0.717) is 0 Å². The third-order valence-electron chi connectivity index (χ3n) is 3.61. The molecule has 6 N–H and O–H groups in total. The quantitative estimate of drug-likeness (QED) is 0.109. The molecule has 0 heterocycles. The van der Waals surface area contributed by atoms with Gasteiger partial charge in [-0.2, -0.15) is 0 Å². The lowest BCUT2D eigenvalue weighted by Crippen LogP contribution is -2.24. The van der Waals surface area contributed by atoms with Crippen LogP contribution in [0.25, 0.3) is 5.76 Å². The molecular formula is C19H28O11. The van der Waals surface area contributed by atoms with Crippen LogP contribution in [0.5, 0.6) is 5.75 Å². The highest BCUT2D eigenvalue weighted by molar-refractivity contribution is 5.94. The van der Waals surface area contributed by atoms with Crippen LogP contribution in [0, 0.1) is 0 Å². The Labute approximate surface area is 173 Å². The third-order valence-corrected chi connectivity index (χ3v) is 3.61. The monoisotopic (exact) mass is 432 g/mol. The first-order valence-electron chi connectivity index (χ1n) is 9.05. The van der Waals surface area contributed by atoms with E-state index in [1.807, 2.05) is 0 Å². The highest BCUT2D eigenvalue weighted by Gasteiger charge is 2.26. The summed E-state index contributed by atoms with van der Waals surface area (Å²) in [6, 6.07) is 6.20. The van der Waals surface area contributed by atoms with Gasteiger partial charge in [-0.3, -0.25) is 0 Å². The molecule has 0 aromatic heterocycles. The number of hydrogen-bond donors (Lipinski definition) is 6. The molecule has 0 aliphatic heterocycles. The number of benzene rings is 1. The lowest BCUT2D eigenvalue weighted by molar-refractivity contribution is -0.141. The molecule has 3 atom stereocenters. The van der Waals surface area contributed by atoms with E-state index in [2.05, 4.69) is 0 Å². The minimum atomic E-state index is -1.29. The molecule has 3 unspecified atom stereocenters. The molecule has 0 radical (unpaired) electrons. The maximum atomic E-state index is 12.3. The van der Waals surface area contributed by atoms with Crippen LogP contribution in [-0.4, -0.2) is 102 Å². The number of aliphatic hydroxyl groups is 6. The van der Waals surface area contributed by atoms with E-state index in [0.717, 1.165) is 7.11 Å². The zero-order valence-corrected chi connectivity index (χ0v) is 16.5. The van der Waals surface area contributed by atoms with Gasteiger partial charge in [0.2, 0.25) is 5.76 Å². The van der Waals surface area contributed by atoms with Gasteiger partial charge in [0.25, 0.3) is 0 Å². The van der Waals surface area contributed by atoms with Crippen LogP contribution in [0.1, 0.15) is 5.56 Å². The molecule has 0 bridgehead atoms. The molecule has 0 saturated carbocycles. The summed E-state index contributed by atoms with van der Waals surface area (Å²) in [6.45, 7) is -2.91. The molecule has 0 saturated heterocycles. The molecular weight excluding hydrogens is 404 g/mol. The van der Waals surface area contributed by atoms with E-state index >= 15 is 0 Å². The summed E-state index contributed by atoms with van der Waals surface area (Å²) in [5.74, 6) is -1.53. The number of hydrogen-bond acceptors (Lipinski definition) is 11. The Balaban J connectivity index is 3.41. The smallest absolute Gasteiger partial charge is 0.377 e. The Kier molecular flexibility index (Phi) is 11.7. The predicted molar refractivity (Wildman–Crippen MR) is 102 cm³/mol. The van der Waals surface area contributed by atoms with Crippen LogP contribution < -0.4 is 4.74 Å². The number of methoxy groups -OCH3 is 1. The van der Waals surface area contributed by atoms with Gasteiger partial charge in [0.15, 0.2) is 5.76 Å². The van der Waals surface area contributed by atoms with Crippen LogP contribution in [0.3, 0.4) is 0 Å². The van der Waals surface area contributed by atoms with Crippen molar-refractivity contribution in [2.75, 3.05) is 46.8 Å². The molecule has 0 spiro atoms. The molecule has 1 rings (SSSR count). The second-order valence-electron chi connectivity index (χ2n) is 6.09. The summed E-state index contributed by atoms with van der Waals surface area (Å²) >= 11 is 0. The van der Waals surface area contributed by atoms with E-state index in [1.54, 1.807) is 12.1 Å². The summed E-state index contributed by atoms with van der Waals surface area (Å²) in [7, 11) is 1.09.